The average molecular weight is 436 g/mol. The molecule has 0 bridgehead atoms. The number of rotatable bonds is 6. The van der Waals surface area contributed by atoms with Crippen molar-refractivity contribution in [3.8, 4) is 11.5 Å². The first kappa shape index (κ1) is 21.5. The Morgan fingerprint density at radius 3 is 2.47 bits per heavy atom. The number of aryl methyl sites for hydroxylation is 1. The first-order chi connectivity index (χ1) is 15.5. The second-order valence-electron chi connectivity index (χ2n) is 7.86. The molecule has 0 radical (unpaired) electrons. The Bertz CT molecular complexity index is 1090. The van der Waals surface area contributed by atoms with E-state index in [0.717, 1.165) is 5.69 Å². The number of para-hydroxylation sites is 1. The Labute approximate surface area is 185 Å². The van der Waals surface area contributed by atoms with Gasteiger partial charge in [0.25, 0.3) is 0 Å². The molecule has 2 aromatic carbocycles. The number of amides is 2. The molecule has 1 N–H and O–H groups in total. The van der Waals surface area contributed by atoms with Crippen LogP contribution in [-0.2, 0) is 16.1 Å². The van der Waals surface area contributed by atoms with Crippen molar-refractivity contribution >= 4 is 17.5 Å². The fraction of sp³-hybridized carbons (Fsp3) is 0.292. The van der Waals surface area contributed by atoms with Crippen LogP contribution >= 0.6 is 0 Å². The molecule has 32 heavy (non-hydrogen) atoms. The van der Waals surface area contributed by atoms with E-state index >= 15 is 0 Å². The minimum Gasteiger partial charge on any atom is -0.454 e. The van der Waals surface area contributed by atoms with Gasteiger partial charge in [-0.05, 0) is 62.2 Å². The second kappa shape index (κ2) is 9.64. The molecule has 0 aliphatic carbocycles. The zero-order valence-corrected chi connectivity index (χ0v) is 17.8. The zero-order valence-electron chi connectivity index (χ0n) is 17.8. The van der Waals surface area contributed by atoms with Gasteiger partial charge < -0.3 is 15.0 Å². The number of ether oxygens (including phenoxy) is 1. The molecule has 1 aromatic heterocycles. The third-order valence-corrected chi connectivity index (χ3v) is 5.48. The van der Waals surface area contributed by atoms with Crippen molar-refractivity contribution in [1.82, 2.24) is 14.7 Å². The van der Waals surface area contributed by atoms with Crippen LogP contribution in [0.5, 0.6) is 11.5 Å². The van der Waals surface area contributed by atoms with Gasteiger partial charge in [-0.2, -0.15) is 5.10 Å². The monoisotopic (exact) mass is 436 g/mol. The van der Waals surface area contributed by atoms with E-state index in [-0.39, 0.29) is 30.0 Å². The van der Waals surface area contributed by atoms with E-state index in [0.29, 0.717) is 37.4 Å². The highest BCUT2D eigenvalue weighted by molar-refractivity contribution is 5.92. The van der Waals surface area contributed by atoms with E-state index in [4.69, 9.17) is 4.74 Å². The van der Waals surface area contributed by atoms with Crippen LogP contribution in [0.3, 0.4) is 0 Å². The zero-order chi connectivity index (χ0) is 22.5. The van der Waals surface area contributed by atoms with Crippen LogP contribution in [0, 0.1) is 18.7 Å². The van der Waals surface area contributed by atoms with Gasteiger partial charge in [0.05, 0.1) is 5.69 Å². The van der Waals surface area contributed by atoms with Gasteiger partial charge in [-0.25, -0.2) is 4.39 Å². The lowest BCUT2D eigenvalue weighted by Crippen LogP contribution is -2.42. The molecule has 4 rings (SSSR count). The number of carbonyl (C=O) groups is 2. The predicted molar refractivity (Wildman–Crippen MR) is 118 cm³/mol. The first-order valence-corrected chi connectivity index (χ1v) is 10.6. The normalized spacial score (nSPS) is 14.2. The molecule has 1 fully saturated rings. The smallest absolute Gasteiger partial charge is 0.244 e. The molecular weight excluding hydrogens is 411 g/mol. The van der Waals surface area contributed by atoms with Crippen LogP contribution in [-0.4, -0.2) is 39.6 Å². The molecule has 166 valence electrons. The van der Waals surface area contributed by atoms with Crippen molar-refractivity contribution in [2.24, 2.45) is 5.92 Å². The molecule has 2 heterocycles. The summed E-state index contributed by atoms with van der Waals surface area (Å²) in [7, 11) is 0. The van der Waals surface area contributed by atoms with Gasteiger partial charge >= 0.3 is 0 Å². The standard InChI is InChI=1S/C24H25FN4O3/c1-17-10-15-29(27-17)16-23(30)28-13-11-18(12-14-28)24(31)26-19-6-8-20(9-7-19)32-22-5-3-2-4-21(22)25/h2-10,15,18H,11-14,16H2,1H3,(H,26,31). The number of piperidine rings is 1. The highest BCUT2D eigenvalue weighted by atomic mass is 19.1. The largest absolute Gasteiger partial charge is 0.454 e. The van der Waals surface area contributed by atoms with Gasteiger partial charge in [-0.15, -0.1) is 0 Å². The average Bonchev–Trinajstić information content (AvgIpc) is 3.21. The molecule has 1 saturated heterocycles. The summed E-state index contributed by atoms with van der Waals surface area (Å²) in [5, 5.41) is 7.16. The summed E-state index contributed by atoms with van der Waals surface area (Å²) in [6.45, 7) is 3.19. The Morgan fingerprint density at radius 2 is 1.81 bits per heavy atom. The maximum atomic E-state index is 13.7. The molecule has 1 aliphatic rings. The van der Waals surface area contributed by atoms with Crippen molar-refractivity contribution < 1.29 is 18.7 Å². The van der Waals surface area contributed by atoms with E-state index < -0.39 is 5.82 Å². The van der Waals surface area contributed by atoms with Gasteiger partial charge in [0.15, 0.2) is 11.6 Å². The van der Waals surface area contributed by atoms with Crippen molar-refractivity contribution in [2.75, 3.05) is 18.4 Å². The number of halogens is 1. The SMILES string of the molecule is Cc1ccn(CC(=O)N2CCC(C(=O)Nc3ccc(Oc4ccccc4F)cc3)CC2)n1. The molecule has 2 amide bonds. The summed E-state index contributed by atoms with van der Waals surface area (Å²) in [4.78, 5) is 26.9. The number of carbonyl (C=O) groups excluding carboxylic acids is 2. The highest BCUT2D eigenvalue weighted by Crippen LogP contribution is 2.26. The maximum absolute atomic E-state index is 13.7. The molecule has 0 atom stereocenters. The van der Waals surface area contributed by atoms with Gasteiger partial charge in [0.2, 0.25) is 11.8 Å². The number of nitrogens with one attached hydrogen (secondary N) is 1. The van der Waals surface area contributed by atoms with Crippen LogP contribution in [0.15, 0.2) is 60.8 Å². The predicted octanol–water partition coefficient (Wildman–Crippen LogP) is 4.00. The third-order valence-electron chi connectivity index (χ3n) is 5.48. The van der Waals surface area contributed by atoms with Crippen LogP contribution in [0.2, 0.25) is 0 Å². The highest BCUT2D eigenvalue weighted by Gasteiger charge is 2.27. The number of likely N-dealkylation sites (tertiary alicyclic amines) is 1. The first-order valence-electron chi connectivity index (χ1n) is 10.6. The van der Waals surface area contributed by atoms with E-state index in [1.165, 1.54) is 6.07 Å². The van der Waals surface area contributed by atoms with Crippen molar-refractivity contribution in [1.29, 1.82) is 0 Å². The Morgan fingerprint density at radius 1 is 1.09 bits per heavy atom. The van der Waals surface area contributed by atoms with E-state index in [1.807, 2.05) is 13.0 Å². The number of anilines is 1. The second-order valence-corrected chi connectivity index (χ2v) is 7.86. The van der Waals surface area contributed by atoms with Crippen LogP contribution in [0.4, 0.5) is 10.1 Å². The van der Waals surface area contributed by atoms with Gasteiger partial charge in [-0.3, -0.25) is 14.3 Å². The van der Waals surface area contributed by atoms with Gasteiger partial charge in [0.1, 0.15) is 12.3 Å². The summed E-state index contributed by atoms with van der Waals surface area (Å²) in [6.07, 6.45) is 3.02. The Hall–Kier alpha value is -3.68. The molecular formula is C24H25FN4O3. The summed E-state index contributed by atoms with van der Waals surface area (Å²) >= 11 is 0. The number of hydrogen-bond acceptors (Lipinski definition) is 4. The molecule has 0 saturated carbocycles. The molecule has 0 spiro atoms. The number of aromatic nitrogens is 2. The number of nitrogens with zero attached hydrogens (tertiary/aromatic N) is 3. The summed E-state index contributed by atoms with van der Waals surface area (Å²) in [6, 6.07) is 14.9. The minimum absolute atomic E-state index is 0.0115. The topological polar surface area (TPSA) is 76.5 Å². The Balaban J connectivity index is 1.25. The van der Waals surface area contributed by atoms with E-state index in [2.05, 4.69) is 10.4 Å². The van der Waals surface area contributed by atoms with Crippen LogP contribution < -0.4 is 10.1 Å². The number of benzene rings is 2. The quantitative estimate of drug-likeness (QED) is 0.634. The molecule has 1 aliphatic heterocycles. The van der Waals surface area contributed by atoms with E-state index in [1.54, 1.807) is 58.2 Å². The van der Waals surface area contributed by atoms with Crippen LogP contribution in [0.25, 0.3) is 0 Å². The van der Waals surface area contributed by atoms with Crippen LogP contribution in [0.1, 0.15) is 18.5 Å². The minimum atomic E-state index is -0.436. The third kappa shape index (κ3) is 5.32. The van der Waals surface area contributed by atoms with Crippen molar-refractivity contribution in [3.05, 3.63) is 72.3 Å². The van der Waals surface area contributed by atoms with Crippen molar-refractivity contribution in [2.45, 2.75) is 26.3 Å². The summed E-state index contributed by atoms with van der Waals surface area (Å²) in [5.41, 5.74) is 1.52. The summed E-state index contributed by atoms with van der Waals surface area (Å²) < 4.78 is 20.9. The van der Waals surface area contributed by atoms with E-state index in [9.17, 15) is 14.0 Å². The van der Waals surface area contributed by atoms with Gasteiger partial charge in [0, 0.05) is 30.9 Å². The molecule has 3 aromatic rings. The lowest BCUT2D eigenvalue weighted by molar-refractivity contribution is -0.135. The molecule has 7 nitrogen and oxygen atoms in total. The van der Waals surface area contributed by atoms with Crippen molar-refractivity contribution in [3.63, 3.8) is 0 Å². The lowest BCUT2D eigenvalue weighted by Gasteiger charge is -2.31. The molecule has 0 unspecified atom stereocenters. The number of hydrogen-bond donors (Lipinski definition) is 1. The maximum Gasteiger partial charge on any atom is 0.244 e. The summed E-state index contributed by atoms with van der Waals surface area (Å²) in [5.74, 6) is -0.0182. The van der Waals surface area contributed by atoms with Gasteiger partial charge in [-0.1, -0.05) is 12.1 Å². The Kier molecular flexibility index (Phi) is 6.49. The fourth-order valence-corrected chi connectivity index (χ4v) is 3.69. The lowest BCUT2D eigenvalue weighted by atomic mass is 9.95. The fourth-order valence-electron chi connectivity index (χ4n) is 3.69. The molecule has 8 heteroatoms.